The van der Waals surface area contributed by atoms with Gasteiger partial charge in [0.2, 0.25) is 10.0 Å². The molecule has 0 saturated heterocycles. The second-order valence-corrected chi connectivity index (χ2v) is 4.13. The standard InChI is InChI=1S/C4H8N4O2S2/c1-12(9,10)6-2-4(3-11)7-8-5/h3-4,6H,2H2,1H3. The van der Waals surface area contributed by atoms with Gasteiger partial charge in [-0.05, 0) is 10.9 Å². The highest BCUT2D eigenvalue weighted by molar-refractivity contribution is 7.88. The smallest absolute Gasteiger partial charge is 0.208 e. The van der Waals surface area contributed by atoms with E-state index >= 15 is 0 Å². The molecule has 0 aromatic rings. The Morgan fingerprint density at radius 2 is 2.42 bits per heavy atom. The van der Waals surface area contributed by atoms with E-state index in [2.05, 4.69) is 27.0 Å². The number of rotatable bonds is 5. The van der Waals surface area contributed by atoms with Gasteiger partial charge in [0.15, 0.2) is 0 Å². The van der Waals surface area contributed by atoms with Gasteiger partial charge >= 0.3 is 0 Å². The predicted molar refractivity (Wildman–Crippen MR) is 49.4 cm³/mol. The molecule has 0 heterocycles. The Morgan fingerprint density at radius 3 is 2.75 bits per heavy atom. The third-order valence-electron chi connectivity index (χ3n) is 0.912. The summed E-state index contributed by atoms with van der Waals surface area (Å²) in [5.41, 5.74) is 8.01. The summed E-state index contributed by atoms with van der Waals surface area (Å²) in [5, 5.41) is 4.45. The monoisotopic (exact) mass is 208 g/mol. The summed E-state index contributed by atoms with van der Waals surface area (Å²) in [6.45, 7) is 0.00634. The lowest BCUT2D eigenvalue weighted by atomic mass is 10.4. The van der Waals surface area contributed by atoms with Crippen molar-refractivity contribution in [1.82, 2.24) is 4.72 Å². The predicted octanol–water partition coefficient (Wildman–Crippen LogP) is 0.214. The van der Waals surface area contributed by atoms with Gasteiger partial charge in [-0.3, -0.25) is 0 Å². The minimum atomic E-state index is -3.25. The number of hydrogen-bond donors (Lipinski definition) is 1. The van der Waals surface area contributed by atoms with Crippen molar-refractivity contribution in [2.45, 2.75) is 6.04 Å². The van der Waals surface area contributed by atoms with Crippen LogP contribution in [0.5, 0.6) is 0 Å². The fourth-order valence-electron chi connectivity index (χ4n) is 0.419. The molecule has 1 atom stereocenters. The first-order valence-electron chi connectivity index (χ1n) is 2.93. The van der Waals surface area contributed by atoms with Crippen LogP contribution in [0.2, 0.25) is 0 Å². The van der Waals surface area contributed by atoms with E-state index in [9.17, 15) is 8.42 Å². The van der Waals surface area contributed by atoms with Crippen LogP contribution in [-0.2, 0) is 10.0 Å². The summed E-state index contributed by atoms with van der Waals surface area (Å²) in [5.74, 6) is 0. The van der Waals surface area contributed by atoms with Crippen LogP contribution in [0.3, 0.4) is 0 Å². The van der Waals surface area contributed by atoms with E-state index in [0.717, 1.165) is 6.26 Å². The summed E-state index contributed by atoms with van der Waals surface area (Å²) in [4.78, 5) is 2.50. The van der Waals surface area contributed by atoms with Crippen molar-refractivity contribution in [2.24, 2.45) is 5.11 Å². The summed E-state index contributed by atoms with van der Waals surface area (Å²) < 4.78 is 23.3. The van der Waals surface area contributed by atoms with Gasteiger partial charge in [-0.2, -0.15) is 0 Å². The zero-order chi connectivity index (χ0) is 9.61. The minimum absolute atomic E-state index is 0.00634. The summed E-state index contributed by atoms with van der Waals surface area (Å²) in [7, 11) is -3.25. The van der Waals surface area contributed by atoms with Crippen molar-refractivity contribution in [2.75, 3.05) is 12.8 Å². The van der Waals surface area contributed by atoms with Gasteiger partial charge in [-0.25, -0.2) is 13.1 Å². The second kappa shape index (κ2) is 5.04. The molecule has 0 aliphatic carbocycles. The van der Waals surface area contributed by atoms with E-state index in [-0.39, 0.29) is 6.54 Å². The van der Waals surface area contributed by atoms with Crippen LogP contribution in [0.4, 0.5) is 0 Å². The Labute approximate surface area is 75.6 Å². The highest BCUT2D eigenvalue weighted by atomic mass is 32.2. The third kappa shape index (κ3) is 6.05. The van der Waals surface area contributed by atoms with Crippen LogP contribution < -0.4 is 4.72 Å². The molecular formula is C4H8N4O2S2. The molecule has 0 radical (unpaired) electrons. The van der Waals surface area contributed by atoms with Crippen LogP contribution in [0.25, 0.3) is 10.4 Å². The molecule has 0 aromatic carbocycles. The lowest BCUT2D eigenvalue weighted by molar-refractivity contribution is 0.586. The zero-order valence-electron chi connectivity index (χ0n) is 6.34. The maximum absolute atomic E-state index is 10.6. The maximum atomic E-state index is 10.6. The molecule has 0 rings (SSSR count). The zero-order valence-corrected chi connectivity index (χ0v) is 7.97. The van der Waals surface area contributed by atoms with Crippen LogP contribution in [-0.4, -0.2) is 32.6 Å². The number of nitrogens with one attached hydrogen (secondary N) is 1. The molecule has 0 spiro atoms. The van der Waals surface area contributed by atoms with Gasteiger partial charge < -0.3 is 0 Å². The molecule has 0 aliphatic heterocycles. The molecule has 0 aromatic heterocycles. The maximum Gasteiger partial charge on any atom is 0.208 e. The molecular weight excluding hydrogens is 200 g/mol. The average molecular weight is 208 g/mol. The molecule has 1 N–H and O–H groups in total. The summed E-state index contributed by atoms with van der Waals surface area (Å²) in [6, 6.07) is -0.611. The fraction of sp³-hybridized carbons (Fsp3) is 0.750. The second-order valence-electron chi connectivity index (χ2n) is 2.03. The molecule has 0 bridgehead atoms. The van der Waals surface area contributed by atoms with Gasteiger partial charge in [0.1, 0.15) is 0 Å². The summed E-state index contributed by atoms with van der Waals surface area (Å²) >= 11 is 4.50. The molecule has 6 nitrogen and oxygen atoms in total. The van der Waals surface area contributed by atoms with Crippen LogP contribution in [0.15, 0.2) is 5.11 Å². The molecule has 0 aliphatic rings. The van der Waals surface area contributed by atoms with Gasteiger partial charge in [-0.1, -0.05) is 17.3 Å². The van der Waals surface area contributed by atoms with Crippen molar-refractivity contribution in [1.29, 1.82) is 0 Å². The van der Waals surface area contributed by atoms with Crippen molar-refractivity contribution in [3.05, 3.63) is 10.4 Å². The van der Waals surface area contributed by atoms with Gasteiger partial charge in [-0.15, -0.1) is 0 Å². The number of sulfonamides is 1. The molecule has 12 heavy (non-hydrogen) atoms. The molecule has 0 saturated carbocycles. The van der Waals surface area contributed by atoms with Gasteiger partial charge in [0.05, 0.1) is 12.3 Å². The normalized spacial score (nSPS) is 13.1. The Kier molecular flexibility index (Phi) is 4.75. The number of azide groups is 1. The Bertz CT molecular complexity index is 292. The first kappa shape index (κ1) is 11.3. The average Bonchev–Trinajstić information content (AvgIpc) is 1.96. The lowest BCUT2D eigenvalue weighted by Crippen LogP contribution is -2.30. The van der Waals surface area contributed by atoms with Crippen molar-refractivity contribution in [3.8, 4) is 0 Å². The first-order chi connectivity index (χ1) is 5.49. The molecule has 8 heteroatoms. The Morgan fingerprint density at radius 1 is 1.83 bits per heavy atom. The molecule has 1 unspecified atom stereocenters. The van der Waals surface area contributed by atoms with Crippen molar-refractivity contribution < 1.29 is 8.42 Å². The quantitative estimate of drug-likeness (QED) is 0.303. The van der Waals surface area contributed by atoms with Crippen molar-refractivity contribution in [3.63, 3.8) is 0 Å². The van der Waals surface area contributed by atoms with E-state index < -0.39 is 16.1 Å². The topological polar surface area (TPSA) is 94.9 Å². The minimum Gasteiger partial charge on any atom is -0.215 e. The summed E-state index contributed by atoms with van der Waals surface area (Å²) in [6.07, 6.45) is 1.02. The third-order valence-corrected chi connectivity index (χ3v) is 1.92. The van der Waals surface area contributed by atoms with Crippen molar-refractivity contribution >= 4 is 27.6 Å². The molecule has 0 fully saturated rings. The Balaban J connectivity index is 4.06. The van der Waals surface area contributed by atoms with E-state index in [1.807, 2.05) is 0 Å². The number of nitrogens with zero attached hydrogens (tertiary/aromatic N) is 3. The van der Waals surface area contributed by atoms with Gasteiger partial charge in [0, 0.05) is 11.5 Å². The molecule has 0 amide bonds. The first-order valence-corrected chi connectivity index (χ1v) is 5.30. The highest BCUT2D eigenvalue weighted by Crippen LogP contribution is 1.87. The van der Waals surface area contributed by atoms with E-state index in [1.165, 1.54) is 5.37 Å². The van der Waals surface area contributed by atoms with Crippen LogP contribution >= 0.6 is 12.2 Å². The molecule has 68 valence electrons. The number of thiocarbonyl (C=S) groups is 1. The van der Waals surface area contributed by atoms with E-state index in [0.29, 0.717) is 0 Å². The van der Waals surface area contributed by atoms with E-state index in [4.69, 9.17) is 5.53 Å². The number of hydrogen-bond acceptors (Lipinski definition) is 4. The van der Waals surface area contributed by atoms with Crippen LogP contribution in [0, 0.1) is 0 Å². The van der Waals surface area contributed by atoms with Gasteiger partial charge in [0.25, 0.3) is 0 Å². The van der Waals surface area contributed by atoms with E-state index in [1.54, 1.807) is 0 Å². The fourth-order valence-corrected chi connectivity index (χ4v) is 1.04. The van der Waals surface area contributed by atoms with Crippen LogP contribution in [0.1, 0.15) is 0 Å². The SMILES string of the molecule is CS(=O)(=O)NCC(C=S)N=[N+]=[N-]. The lowest BCUT2D eigenvalue weighted by Gasteiger charge is -2.03. The Hall–Kier alpha value is -0.690. The largest absolute Gasteiger partial charge is 0.215 e. The highest BCUT2D eigenvalue weighted by Gasteiger charge is 2.05.